The highest BCUT2D eigenvalue weighted by molar-refractivity contribution is 5.68. The van der Waals surface area contributed by atoms with Gasteiger partial charge in [-0.2, -0.15) is 0 Å². The minimum Gasteiger partial charge on any atom is -0.444 e. The highest BCUT2D eigenvalue weighted by Crippen LogP contribution is 2.17. The third-order valence-electron chi connectivity index (χ3n) is 3.31. The Hall–Kier alpha value is -0.850. The molecule has 2 unspecified atom stereocenters. The number of nitrogens with zero attached hydrogens (tertiary/aromatic N) is 1. The first-order chi connectivity index (χ1) is 9.83. The van der Waals surface area contributed by atoms with Crippen LogP contribution in [0.25, 0.3) is 0 Å². The van der Waals surface area contributed by atoms with E-state index in [1.165, 1.54) is 0 Å². The van der Waals surface area contributed by atoms with E-state index in [1.54, 1.807) is 4.90 Å². The van der Waals surface area contributed by atoms with Gasteiger partial charge in [0.25, 0.3) is 0 Å². The summed E-state index contributed by atoms with van der Waals surface area (Å²) in [7, 11) is 0. The molecule has 2 atom stereocenters. The van der Waals surface area contributed by atoms with E-state index in [-0.39, 0.29) is 24.8 Å². The molecular weight excluding hydrogens is 272 g/mol. The van der Waals surface area contributed by atoms with E-state index in [0.29, 0.717) is 19.8 Å². The number of rotatable bonds is 6. The second kappa shape index (κ2) is 8.56. The molecule has 1 aliphatic heterocycles. The molecule has 0 radical (unpaired) electrons. The van der Waals surface area contributed by atoms with Crippen LogP contribution >= 0.6 is 0 Å². The Morgan fingerprint density at radius 1 is 1.52 bits per heavy atom. The Bertz CT molecular complexity index is 317. The fourth-order valence-electron chi connectivity index (χ4n) is 2.33. The summed E-state index contributed by atoms with van der Waals surface area (Å²) >= 11 is 0. The lowest BCUT2D eigenvalue weighted by Gasteiger charge is -2.37. The molecule has 0 saturated carbocycles. The first kappa shape index (κ1) is 18.2. The van der Waals surface area contributed by atoms with E-state index in [4.69, 9.17) is 14.6 Å². The minimum absolute atomic E-state index is 0.0326. The first-order valence-corrected chi connectivity index (χ1v) is 7.75. The summed E-state index contributed by atoms with van der Waals surface area (Å²) in [4.78, 5) is 14.0. The zero-order chi connectivity index (χ0) is 15.9. The Labute approximate surface area is 127 Å². The molecule has 1 heterocycles. The molecule has 1 amide bonds. The van der Waals surface area contributed by atoms with Crippen molar-refractivity contribution in [2.24, 2.45) is 0 Å². The smallest absolute Gasteiger partial charge is 0.410 e. The molecule has 6 heteroatoms. The summed E-state index contributed by atoms with van der Waals surface area (Å²) in [5.41, 5.74) is -0.481. The standard InChI is InChI=1S/C15H30N2O4/c1-12(16-6-5-8-18)10-13-11-20-9-7-17(13)14(19)21-15(2,3)4/h12-13,16,18H,5-11H2,1-4H3. The number of carbonyl (C=O) groups is 1. The van der Waals surface area contributed by atoms with E-state index >= 15 is 0 Å². The first-order valence-electron chi connectivity index (χ1n) is 7.75. The molecule has 0 aromatic heterocycles. The van der Waals surface area contributed by atoms with Crippen LogP contribution in [0.4, 0.5) is 4.79 Å². The molecule has 1 saturated heterocycles. The number of morpholine rings is 1. The number of ether oxygens (including phenoxy) is 2. The summed E-state index contributed by atoms with van der Waals surface area (Å²) in [6.45, 7) is 10.3. The Kier molecular flexibility index (Phi) is 7.42. The number of hydrogen-bond donors (Lipinski definition) is 2. The molecule has 0 aromatic rings. The lowest BCUT2D eigenvalue weighted by molar-refractivity contribution is -0.0355. The van der Waals surface area contributed by atoms with Crippen LogP contribution in [0.2, 0.25) is 0 Å². The number of aliphatic hydroxyl groups is 1. The lowest BCUT2D eigenvalue weighted by Crippen LogP contribution is -2.52. The van der Waals surface area contributed by atoms with Crippen LogP contribution < -0.4 is 5.32 Å². The fourth-order valence-corrected chi connectivity index (χ4v) is 2.33. The minimum atomic E-state index is -0.481. The normalized spacial score (nSPS) is 21.2. The Morgan fingerprint density at radius 3 is 2.86 bits per heavy atom. The summed E-state index contributed by atoms with van der Waals surface area (Å²) in [6, 6.07) is 0.290. The monoisotopic (exact) mass is 302 g/mol. The predicted molar refractivity (Wildman–Crippen MR) is 81.3 cm³/mol. The molecule has 0 aromatic carbocycles. The summed E-state index contributed by atoms with van der Waals surface area (Å²) < 4.78 is 11.0. The molecule has 2 N–H and O–H groups in total. The highest BCUT2D eigenvalue weighted by Gasteiger charge is 2.31. The van der Waals surface area contributed by atoms with Crippen molar-refractivity contribution in [1.29, 1.82) is 0 Å². The van der Waals surface area contributed by atoms with Gasteiger partial charge in [0.2, 0.25) is 0 Å². The van der Waals surface area contributed by atoms with Gasteiger partial charge in [0.05, 0.1) is 19.3 Å². The van der Waals surface area contributed by atoms with Crippen LogP contribution in [-0.2, 0) is 9.47 Å². The molecule has 6 nitrogen and oxygen atoms in total. The van der Waals surface area contributed by atoms with E-state index in [0.717, 1.165) is 19.4 Å². The SMILES string of the molecule is CC(CC1COCCN1C(=O)OC(C)(C)C)NCCCO. The largest absolute Gasteiger partial charge is 0.444 e. The number of aliphatic hydroxyl groups excluding tert-OH is 1. The van der Waals surface area contributed by atoms with Gasteiger partial charge in [-0.25, -0.2) is 4.79 Å². The Morgan fingerprint density at radius 2 is 2.24 bits per heavy atom. The molecule has 1 fully saturated rings. The summed E-state index contributed by atoms with van der Waals surface area (Å²) in [5.74, 6) is 0. The van der Waals surface area contributed by atoms with Crippen molar-refractivity contribution in [3.8, 4) is 0 Å². The van der Waals surface area contributed by atoms with Crippen molar-refractivity contribution in [3.63, 3.8) is 0 Å². The van der Waals surface area contributed by atoms with Crippen LogP contribution in [0, 0.1) is 0 Å². The van der Waals surface area contributed by atoms with Crippen LogP contribution in [0.3, 0.4) is 0 Å². The second-order valence-corrected chi connectivity index (χ2v) is 6.57. The molecule has 21 heavy (non-hydrogen) atoms. The number of amides is 1. The van der Waals surface area contributed by atoms with Gasteiger partial charge in [0.15, 0.2) is 0 Å². The fraction of sp³-hybridized carbons (Fsp3) is 0.933. The van der Waals surface area contributed by atoms with E-state index < -0.39 is 5.60 Å². The summed E-state index contributed by atoms with van der Waals surface area (Å²) in [6.07, 6.45) is 1.28. The quantitative estimate of drug-likeness (QED) is 0.725. The zero-order valence-electron chi connectivity index (χ0n) is 13.7. The average molecular weight is 302 g/mol. The zero-order valence-corrected chi connectivity index (χ0v) is 13.7. The average Bonchev–Trinajstić information content (AvgIpc) is 2.37. The van der Waals surface area contributed by atoms with Crippen LogP contribution in [0.1, 0.15) is 40.5 Å². The van der Waals surface area contributed by atoms with Gasteiger partial charge in [-0.05, 0) is 47.1 Å². The highest BCUT2D eigenvalue weighted by atomic mass is 16.6. The maximum atomic E-state index is 12.3. The van der Waals surface area contributed by atoms with Gasteiger partial charge < -0.3 is 24.8 Å². The van der Waals surface area contributed by atoms with Gasteiger partial charge >= 0.3 is 6.09 Å². The molecule has 0 aliphatic carbocycles. The van der Waals surface area contributed by atoms with Crippen molar-refractivity contribution < 1.29 is 19.4 Å². The van der Waals surface area contributed by atoms with Crippen LogP contribution in [-0.4, -0.2) is 66.7 Å². The van der Waals surface area contributed by atoms with Gasteiger partial charge in [-0.15, -0.1) is 0 Å². The predicted octanol–water partition coefficient (Wildman–Crippen LogP) is 1.37. The molecular formula is C15H30N2O4. The molecule has 1 rings (SSSR count). The Balaban J connectivity index is 2.50. The van der Waals surface area contributed by atoms with Crippen molar-refractivity contribution >= 4 is 6.09 Å². The van der Waals surface area contributed by atoms with Gasteiger partial charge in [0.1, 0.15) is 5.60 Å². The van der Waals surface area contributed by atoms with Crippen LogP contribution in [0.15, 0.2) is 0 Å². The van der Waals surface area contributed by atoms with E-state index in [9.17, 15) is 4.79 Å². The van der Waals surface area contributed by atoms with Crippen molar-refractivity contribution in [3.05, 3.63) is 0 Å². The molecule has 1 aliphatic rings. The lowest BCUT2D eigenvalue weighted by atomic mass is 10.1. The van der Waals surface area contributed by atoms with E-state index in [1.807, 2.05) is 20.8 Å². The number of hydrogen-bond acceptors (Lipinski definition) is 5. The number of carbonyl (C=O) groups excluding carboxylic acids is 1. The van der Waals surface area contributed by atoms with Gasteiger partial charge in [-0.3, -0.25) is 0 Å². The van der Waals surface area contributed by atoms with Crippen molar-refractivity contribution in [2.75, 3.05) is 32.9 Å². The topological polar surface area (TPSA) is 71.0 Å². The third-order valence-corrected chi connectivity index (χ3v) is 3.31. The van der Waals surface area contributed by atoms with E-state index in [2.05, 4.69) is 12.2 Å². The molecule has 0 bridgehead atoms. The van der Waals surface area contributed by atoms with Gasteiger partial charge in [0, 0.05) is 19.2 Å². The molecule has 124 valence electrons. The number of nitrogens with one attached hydrogen (secondary N) is 1. The summed E-state index contributed by atoms with van der Waals surface area (Å²) in [5, 5.41) is 12.1. The van der Waals surface area contributed by atoms with Crippen molar-refractivity contribution in [2.45, 2.75) is 58.2 Å². The maximum absolute atomic E-state index is 12.3. The van der Waals surface area contributed by atoms with Crippen molar-refractivity contribution in [1.82, 2.24) is 10.2 Å². The van der Waals surface area contributed by atoms with Crippen LogP contribution in [0.5, 0.6) is 0 Å². The van der Waals surface area contributed by atoms with Gasteiger partial charge in [-0.1, -0.05) is 0 Å². The second-order valence-electron chi connectivity index (χ2n) is 6.57. The molecule has 0 spiro atoms. The maximum Gasteiger partial charge on any atom is 0.410 e. The third kappa shape index (κ3) is 7.11.